The van der Waals surface area contributed by atoms with Crippen molar-refractivity contribution in [2.45, 2.75) is 39.0 Å². The van der Waals surface area contributed by atoms with Gasteiger partial charge in [-0.05, 0) is 36.8 Å². The van der Waals surface area contributed by atoms with E-state index < -0.39 is 11.9 Å². The summed E-state index contributed by atoms with van der Waals surface area (Å²) in [5.41, 5.74) is 6.68. The largest absolute Gasteiger partial charge is 0.481 e. The number of carboxylic acid groups (broad SMARTS) is 1. The van der Waals surface area contributed by atoms with Crippen molar-refractivity contribution in [2.75, 3.05) is 6.54 Å². The molecule has 2 unspecified atom stereocenters. The van der Waals surface area contributed by atoms with Crippen LogP contribution in [0.4, 0.5) is 0 Å². The number of nitrogens with two attached hydrogens (primary N) is 1. The van der Waals surface area contributed by atoms with E-state index in [9.17, 15) is 4.79 Å². The van der Waals surface area contributed by atoms with Gasteiger partial charge in [0.2, 0.25) is 0 Å². The van der Waals surface area contributed by atoms with Crippen LogP contribution in [0.15, 0.2) is 24.3 Å². The molecule has 1 aromatic rings. The second kappa shape index (κ2) is 8.98. The Bertz CT molecular complexity index is 423. The van der Waals surface area contributed by atoms with Crippen LogP contribution in [0.3, 0.4) is 0 Å². The minimum atomic E-state index is -0.781. The van der Waals surface area contributed by atoms with Gasteiger partial charge in [-0.2, -0.15) is 0 Å². The van der Waals surface area contributed by atoms with E-state index >= 15 is 0 Å². The summed E-state index contributed by atoms with van der Waals surface area (Å²) in [5, 5.41) is 9.87. The molecule has 4 heteroatoms. The first kappa shape index (κ1) is 17.0. The number of carbonyl (C=O) groups is 1. The molecule has 0 fully saturated rings. The molecule has 3 nitrogen and oxygen atoms in total. The first-order valence-corrected chi connectivity index (χ1v) is 7.62. The first-order chi connectivity index (χ1) is 9.58. The molecule has 0 saturated carbocycles. The summed E-state index contributed by atoms with van der Waals surface area (Å²) in [7, 11) is 0. The molecule has 0 saturated heterocycles. The van der Waals surface area contributed by atoms with Crippen LogP contribution in [0, 0.1) is 11.8 Å². The number of aliphatic carboxylic acids is 1. The van der Waals surface area contributed by atoms with Crippen molar-refractivity contribution in [3.05, 3.63) is 34.9 Å². The van der Waals surface area contributed by atoms with Crippen molar-refractivity contribution >= 4 is 17.6 Å². The normalized spacial score (nSPS) is 13.9. The topological polar surface area (TPSA) is 63.3 Å². The predicted molar refractivity (Wildman–Crippen MR) is 83.0 cm³/mol. The highest BCUT2D eigenvalue weighted by Crippen LogP contribution is 2.23. The second-order valence-electron chi connectivity index (χ2n) is 5.26. The fraction of sp³-hybridized carbons (Fsp3) is 0.562. The van der Waals surface area contributed by atoms with Crippen molar-refractivity contribution in [2.24, 2.45) is 17.6 Å². The number of benzene rings is 1. The lowest BCUT2D eigenvalue weighted by Crippen LogP contribution is -2.25. The Labute approximate surface area is 126 Å². The van der Waals surface area contributed by atoms with Gasteiger partial charge in [0.1, 0.15) is 0 Å². The quantitative estimate of drug-likeness (QED) is 0.730. The van der Waals surface area contributed by atoms with Crippen molar-refractivity contribution < 1.29 is 9.90 Å². The second-order valence-corrected chi connectivity index (χ2v) is 5.67. The van der Waals surface area contributed by atoms with E-state index in [2.05, 4.69) is 6.92 Å². The van der Waals surface area contributed by atoms with E-state index in [-0.39, 0.29) is 6.54 Å². The summed E-state index contributed by atoms with van der Waals surface area (Å²) in [6.45, 7) is 2.33. The zero-order valence-electron chi connectivity index (χ0n) is 12.0. The molecular formula is C16H24ClNO2. The van der Waals surface area contributed by atoms with Gasteiger partial charge in [-0.15, -0.1) is 0 Å². The lowest BCUT2D eigenvalue weighted by molar-refractivity contribution is -0.142. The van der Waals surface area contributed by atoms with Crippen molar-refractivity contribution in [3.8, 4) is 0 Å². The third-order valence-corrected chi connectivity index (χ3v) is 4.21. The average Bonchev–Trinajstić information content (AvgIpc) is 2.44. The number of hydrogen-bond donors (Lipinski definition) is 2. The maximum Gasteiger partial charge on any atom is 0.307 e. The van der Waals surface area contributed by atoms with Crippen molar-refractivity contribution in [1.29, 1.82) is 0 Å². The van der Waals surface area contributed by atoms with Crippen LogP contribution in [0.2, 0.25) is 5.02 Å². The third-order valence-electron chi connectivity index (χ3n) is 3.85. The van der Waals surface area contributed by atoms with E-state index in [1.165, 1.54) is 0 Å². The van der Waals surface area contributed by atoms with Gasteiger partial charge in [-0.25, -0.2) is 0 Å². The van der Waals surface area contributed by atoms with Gasteiger partial charge in [0.15, 0.2) is 0 Å². The molecule has 0 spiro atoms. The van der Waals surface area contributed by atoms with Gasteiger partial charge < -0.3 is 10.8 Å². The van der Waals surface area contributed by atoms with Gasteiger partial charge in [-0.3, -0.25) is 4.79 Å². The molecule has 0 aromatic heterocycles. The molecule has 0 radical (unpaired) electrons. The Hall–Kier alpha value is -1.06. The first-order valence-electron chi connectivity index (χ1n) is 7.24. The lowest BCUT2D eigenvalue weighted by atomic mass is 9.88. The minimum Gasteiger partial charge on any atom is -0.481 e. The van der Waals surface area contributed by atoms with Gasteiger partial charge in [0.05, 0.1) is 5.92 Å². The van der Waals surface area contributed by atoms with Gasteiger partial charge in [0, 0.05) is 11.6 Å². The Kier molecular flexibility index (Phi) is 7.63. The van der Waals surface area contributed by atoms with Gasteiger partial charge >= 0.3 is 5.97 Å². The molecule has 1 aromatic carbocycles. The third kappa shape index (κ3) is 5.51. The summed E-state index contributed by atoms with van der Waals surface area (Å²) in [5.74, 6) is -0.778. The zero-order valence-corrected chi connectivity index (χ0v) is 12.8. The van der Waals surface area contributed by atoms with Gasteiger partial charge in [-0.1, -0.05) is 49.6 Å². The summed E-state index contributed by atoms with van der Waals surface area (Å²) in [6, 6.07) is 7.87. The standard InChI is InChI=1S/C16H24ClNO2/c1-2-12(10-14(11-18)16(19)20)6-5-8-13-7-3-4-9-15(13)17/h3-4,7,9,12,14H,2,5-6,8,10-11,18H2,1H3,(H,19,20). The lowest BCUT2D eigenvalue weighted by Gasteiger charge is -2.18. The number of rotatable bonds is 9. The van der Waals surface area contributed by atoms with Crippen LogP contribution in [0.25, 0.3) is 0 Å². The SMILES string of the molecule is CCC(CCCc1ccccc1Cl)CC(CN)C(=O)O. The fourth-order valence-corrected chi connectivity index (χ4v) is 2.70. The Balaban J connectivity index is 2.42. The molecule has 1 rings (SSSR count). The monoisotopic (exact) mass is 297 g/mol. The summed E-state index contributed by atoms with van der Waals surface area (Å²) >= 11 is 6.13. The molecule has 0 aliphatic rings. The van der Waals surface area contributed by atoms with E-state index in [1.54, 1.807) is 0 Å². The summed E-state index contributed by atoms with van der Waals surface area (Å²) in [6.07, 6.45) is 4.65. The smallest absolute Gasteiger partial charge is 0.307 e. The molecule has 2 atom stereocenters. The van der Waals surface area contributed by atoms with Crippen LogP contribution in [0.5, 0.6) is 0 Å². The van der Waals surface area contributed by atoms with E-state index in [0.717, 1.165) is 36.3 Å². The maximum absolute atomic E-state index is 11.0. The summed E-state index contributed by atoms with van der Waals surface area (Å²) in [4.78, 5) is 11.0. The molecule has 112 valence electrons. The molecule has 0 bridgehead atoms. The van der Waals surface area contributed by atoms with Gasteiger partial charge in [0.25, 0.3) is 0 Å². The van der Waals surface area contributed by atoms with Crippen molar-refractivity contribution in [1.82, 2.24) is 0 Å². The van der Waals surface area contributed by atoms with Crippen LogP contribution in [0.1, 0.15) is 38.2 Å². The van der Waals surface area contributed by atoms with Crippen LogP contribution in [-0.2, 0) is 11.2 Å². The highest BCUT2D eigenvalue weighted by atomic mass is 35.5. The molecule has 3 N–H and O–H groups in total. The molecule has 0 aliphatic heterocycles. The predicted octanol–water partition coefficient (Wildman–Crippen LogP) is 3.74. The zero-order chi connectivity index (χ0) is 15.0. The average molecular weight is 298 g/mol. The van der Waals surface area contributed by atoms with Crippen LogP contribution >= 0.6 is 11.6 Å². The fourth-order valence-electron chi connectivity index (χ4n) is 2.47. The Morgan fingerprint density at radius 1 is 1.40 bits per heavy atom. The minimum absolute atomic E-state index is 0.219. The number of aryl methyl sites for hydroxylation is 1. The van der Waals surface area contributed by atoms with Crippen molar-refractivity contribution in [3.63, 3.8) is 0 Å². The van der Waals surface area contributed by atoms with Crippen LogP contribution < -0.4 is 5.73 Å². The number of hydrogen-bond acceptors (Lipinski definition) is 2. The number of carboxylic acids is 1. The molecular weight excluding hydrogens is 274 g/mol. The molecule has 0 amide bonds. The number of halogens is 1. The molecule has 0 heterocycles. The van der Waals surface area contributed by atoms with E-state index in [0.29, 0.717) is 12.3 Å². The highest BCUT2D eigenvalue weighted by molar-refractivity contribution is 6.31. The molecule has 0 aliphatic carbocycles. The Morgan fingerprint density at radius 3 is 2.65 bits per heavy atom. The summed E-state index contributed by atoms with van der Waals surface area (Å²) < 4.78 is 0. The van der Waals surface area contributed by atoms with E-state index in [1.807, 2.05) is 24.3 Å². The van der Waals surface area contributed by atoms with E-state index in [4.69, 9.17) is 22.4 Å². The molecule has 20 heavy (non-hydrogen) atoms. The highest BCUT2D eigenvalue weighted by Gasteiger charge is 2.20. The Morgan fingerprint density at radius 2 is 2.10 bits per heavy atom. The van der Waals surface area contributed by atoms with Crippen LogP contribution in [-0.4, -0.2) is 17.6 Å². The maximum atomic E-state index is 11.0.